The van der Waals surface area contributed by atoms with Gasteiger partial charge < -0.3 is 40.1 Å². The molecule has 0 aliphatic carbocycles. The Labute approximate surface area is 361 Å². The van der Waals surface area contributed by atoms with E-state index in [-0.39, 0.29) is 55.2 Å². The second-order valence-electron chi connectivity index (χ2n) is 17.2. The van der Waals surface area contributed by atoms with Gasteiger partial charge in [0.25, 0.3) is 5.91 Å². The van der Waals surface area contributed by atoms with E-state index in [9.17, 15) is 14.7 Å². The first-order valence-electron chi connectivity index (χ1n) is 21.2. The Morgan fingerprint density at radius 1 is 0.806 bits per heavy atom. The van der Waals surface area contributed by atoms with Crippen molar-refractivity contribution >= 4 is 69.9 Å². The Balaban J connectivity index is 1.02. The summed E-state index contributed by atoms with van der Waals surface area (Å²) in [6.45, 7) is 6.90. The number of aliphatic hydroxyl groups is 1. The molecule has 4 heterocycles. The molecule has 7 aromatic rings. The summed E-state index contributed by atoms with van der Waals surface area (Å²) < 4.78 is 12.6. The third-order valence-electron chi connectivity index (χ3n) is 13.2. The van der Waals surface area contributed by atoms with Gasteiger partial charge in [-0.05, 0) is 83.2 Å². The molecule has 1 spiro atoms. The van der Waals surface area contributed by atoms with Gasteiger partial charge in [0.15, 0.2) is 5.60 Å². The van der Waals surface area contributed by atoms with Crippen LogP contribution < -0.4 is 25.5 Å². The summed E-state index contributed by atoms with van der Waals surface area (Å²) in [6, 6.07) is 37.2. The fraction of sp³-hybridized carbons (Fsp3) is 0.260. The average Bonchev–Trinajstić information content (AvgIpc) is 4.01. The molecule has 2 aromatic heterocycles. The molecule has 62 heavy (non-hydrogen) atoms. The van der Waals surface area contributed by atoms with Crippen LogP contribution in [0.2, 0.25) is 18.6 Å². The lowest BCUT2D eigenvalue weighted by molar-refractivity contribution is -0.146. The van der Waals surface area contributed by atoms with Crippen LogP contribution in [-0.4, -0.2) is 60.7 Å². The molecule has 2 aliphatic heterocycles. The molecule has 2 aliphatic rings. The Morgan fingerprint density at radius 3 is 1.98 bits per heavy atom. The molecule has 12 heteroatoms. The largest absolute Gasteiger partial charge is 0.497 e. The molecule has 11 nitrogen and oxygen atoms in total. The van der Waals surface area contributed by atoms with Gasteiger partial charge >= 0.3 is 0 Å². The van der Waals surface area contributed by atoms with E-state index in [1.165, 1.54) is 5.19 Å². The Hall–Kier alpha value is -6.47. The first-order valence-corrected chi connectivity index (χ1v) is 24.3. The number of nitrogens with one attached hydrogen (secondary N) is 4. The zero-order chi connectivity index (χ0) is 43.2. The molecular weight excluding hydrogens is 795 g/mol. The minimum Gasteiger partial charge on any atom is -0.497 e. The van der Waals surface area contributed by atoms with Crippen LogP contribution in [0.1, 0.15) is 35.6 Å². The number of aromatic nitrogens is 2. The van der Waals surface area contributed by atoms with E-state index in [4.69, 9.17) is 9.47 Å². The number of rotatable bonds is 13. The van der Waals surface area contributed by atoms with Gasteiger partial charge in [0.05, 0.1) is 46.4 Å². The number of methoxy groups -OCH3 is 1. The first kappa shape index (κ1) is 40.9. The van der Waals surface area contributed by atoms with Crippen molar-refractivity contribution in [2.75, 3.05) is 29.3 Å². The fourth-order valence-electron chi connectivity index (χ4n) is 10.1. The van der Waals surface area contributed by atoms with Crippen molar-refractivity contribution in [2.45, 2.75) is 63.1 Å². The number of carbonyl (C=O) groups excluding carboxylic acids is 3. The van der Waals surface area contributed by atoms with Crippen molar-refractivity contribution in [1.29, 1.82) is 0 Å². The highest BCUT2D eigenvalue weighted by Crippen LogP contribution is 2.60. The first-order chi connectivity index (χ1) is 30.0. The average molecular weight is 846 g/mol. The van der Waals surface area contributed by atoms with E-state index in [1.54, 1.807) is 12.0 Å². The van der Waals surface area contributed by atoms with E-state index in [0.717, 1.165) is 44.2 Å². The van der Waals surface area contributed by atoms with Gasteiger partial charge in [0.1, 0.15) is 5.75 Å². The topological polar surface area (TPSA) is 149 Å². The molecule has 1 saturated heterocycles. The van der Waals surface area contributed by atoms with E-state index >= 15 is 4.79 Å². The summed E-state index contributed by atoms with van der Waals surface area (Å²) in [5.41, 5.74) is 5.86. The third kappa shape index (κ3) is 7.27. The number of hydrogen-bond donors (Lipinski definition) is 5. The van der Waals surface area contributed by atoms with Gasteiger partial charge in [0, 0.05) is 63.7 Å². The summed E-state index contributed by atoms with van der Waals surface area (Å²) in [5.74, 6) is 0.00331. The molecule has 5 aromatic carbocycles. The van der Waals surface area contributed by atoms with Gasteiger partial charge in [-0.15, -0.1) is 0 Å². The molecule has 4 atom stereocenters. The Morgan fingerprint density at radius 2 is 1.39 bits per heavy atom. The molecule has 1 fully saturated rings. The fourth-order valence-corrected chi connectivity index (χ4v) is 14.2. The van der Waals surface area contributed by atoms with Crippen molar-refractivity contribution in [3.63, 3.8) is 0 Å². The van der Waals surface area contributed by atoms with Crippen LogP contribution in [0.25, 0.3) is 21.8 Å². The smallest absolute Gasteiger partial charge is 0.264 e. The van der Waals surface area contributed by atoms with Crippen LogP contribution >= 0.6 is 0 Å². The number of hydrogen-bond acceptors (Lipinski definition) is 6. The molecule has 0 radical (unpaired) electrons. The Bertz CT molecular complexity index is 2800. The van der Waals surface area contributed by atoms with E-state index in [1.807, 2.05) is 116 Å². The van der Waals surface area contributed by atoms with Gasteiger partial charge in [-0.2, -0.15) is 0 Å². The molecule has 5 N–H and O–H groups in total. The number of benzene rings is 5. The number of aliphatic hydroxyl groups excluding tert-OH is 1. The van der Waals surface area contributed by atoms with E-state index in [2.05, 4.69) is 52.8 Å². The van der Waals surface area contributed by atoms with Crippen LogP contribution in [0.15, 0.2) is 128 Å². The minimum atomic E-state index is -2.41. The van der Waals surface area contributed by atoms with Crippen LogP contribution in [0.5, 0.6) is 5.75 Å². The highest BCUT2D eigenvalue weighted by atomic mass is 28.3. The van der Waals surface area contributed by atoms with Gasteiger partial charge in [-0.3, -0.25) is 14.4 Å². The summed E-state index contributed by atoms with van der Waals surface area (Å²) in [4.78, 5) is 50.4. The van der Waals surface area contributed by atoms with Crippen LogP contribution in [0.3, 0.4) is 0 Å². The summed E-state index contributed by atoms with van der Waals surface area (Å²) in [6.07, 6.45) is 4.12. The summed E-state index contributed by atoms with van der Waals surface area (Å²) in [7, 11) is -0.759. The molecule has 0 bridgehead atoms. The standard InChI is InChI=1S/C50H51N5O6Si/c1-31-48(62(3,4)38-20-18-37(60-2)19-21-38)45(23-24-56)61-50(31)41-27-36(54-47(58)26-34-29-52-43-12-8-6-10-40(34)43)17-22-44(41)55(49(50)59)30-32-13-15-35(16-14-32)53-46(57)25-33-28-51-42-11-7-5-9-39(33)42/h5-22,27-29,31,45,48,51-52,56H,23-26,30H2,1-4H3,(H,53,57)(H,54,58)/t31-,45+,48-,50+/m0/s1. The SMILES string of the molecule is COc1ccc([Si](C)(C)[C@@H]2[C@@H](CCO)O[C@]3(C(=O)N(Cc4ccc(NC(=O)Cc5c[nH]c6ccccc56)cc4)c4ccc(NC(=O)Cc5c[nH]c6ccccc56)cc43)[C@H]2C)cc1. The van der Waals surface area contributed by atoms with Crippen molar-refractivity contribution in [2.24, 2.45) is 5.92 Å². The maximum absolute atomic E-state index is 15.4. The molecule has 3 amide bonds. The number of H-pyrrole nitrogens is 2. The monoisotopic (exact) mass is 845 g/mol. The summed E-state index contributed by atoms with van der Waals surface area (Å²) >= 11 is 0. The number of fused-ring (bicyclic) bond motifs is 4. The molecular formula is C50H51N5O6Si. The number of ether oxygens (including phenoxy) is 2. The highest BCUT2D eigenvalue weighted by molar-refractivity contribution is 6.91. The van der Waals surface area contributed by atoms with Gasteiger partial charge in [0.2, 0.25) is 11.8 Å². The number of para-hydroxylation sites is 2. The van der Waals surface area contributed by atoms with Crippen molar-refractivity contribution in [3.05, 3.63) is 150 Å². The lowest BCUT2D eigenvalue weighted by Gasteiger charge is -2.37. The molecule has 9 rings (SSSR count). The van der Waals surface area contributed by atoms with Gasteiger partial charge in [-0.1, -0.05) is 85.9 Å². The molecule has 0 saturated carbocycles. The maximum Gasteiger partial charge on any atom is 0.264 e. The predicted molar refractivity (Wildman–Crippen MR) is 247 cm³/mol. The number of nitrogens with zero attached hydrogens (tertiary/aromatic N) is 1. The molecule has 0 unspecified atom stereocenters. The summed E-state index contributed by atoms with van der Waals surface area (Å²) in [5, 5.41) is 19.8. The molecule has 316 valence electrons. The predicted octanol–water partition coefficient (Wildman–Crippen LogP) is 8.17. The highest BCUT2D eigenvalue weighted by Gasteiger charge is 2.66. The van der Waals surface area contributed by atoms with Crippen molar-refractivity contribution < 1.29 is 29.0 Å². The minimum absolute atomic E-state index is 0.0490. The van der Waals surface area contributed by atoms with Crippen molar-refractivity contribution in [3.8, 4) is 5.75 Å². The second-order valence-corrected chi connectivity index (χ2v) is 21.8. The van der Waals surface area contributed by atoms with Gasteiger partial charge in [-0.25, -0.2) is 0 Å². The van der Waals surface area contributed by atoms with E-state index < -0.39 is 19.8 Å². The second kappa shape index (κ2) is 16.4. The Kier molecular flexibility index (Phi) is 10.8. The normalized spacial score (nSPS) is 19.7. The zero-order valence-corrected chi connectivity index (χ0v) is 36.3. The zero-order valence-electron chi connectivity index (χ0n) is 35.3. The lowest BCUT2D eigenvalue weighted by atomic mass is 9.82. The van der Waals surface area contributed by atoms with Crippen LogP contribution in [-0.2, 0) is 44.1 Å². The maximum atomic E-state index is 15.4. The van der Waals surface area contributed by atoms with E-state index in [0.29, 0.717) is 29.0 Å². The number of aromatic amines is 2. The number of anilines is 3. The number of amides is 3. The number of carbonyl (C=O) groups is 3. The van der Waals surface area contributed by atoms with Crippen LogP contribution in [0.4, 0.5) is 17.1 Å². The van der Waals surface area contributed by atoms with Crippen molar-refractivity contribution in [1.82, 2.24) is 9.97 Å². The quantitative estimate of drug-likeness (QED) is 0.0740. The lowest BCUT2D eigenvalue weighted by Crippen LogP contribution is -2.51. The third-order valence-corrected chi connectivity index (χ3v) is 17.5. The van der Waals surface area contributed by atoms with Crippen LogP contribution in [0, 0.1) is 5.92 Å².